The van der Waals surface area contributed by atoms with Gasteiger partial charge in [0.25, 0.3) is 0 Å². The number of para-hydroxylation sites is 4. The molecule has 0 saturated carbocycles. The van der Waals surface area contributed by atoms with Crippen molar-refractivity contribution in [1.29, 1.82) is 0 Å². The maximum Gasteiger partial charge on any atom is 3.00 e. The number of pyridine rings is 4. The van der Waals surface area contributed by atoms with Gasteiger partial charge in [0.15, 0.2) is 0 Å². The summed E-state index contributed by atoms with van der Waals surface area (Å²) in [6.45, 7) is 16.5. The van der Waals surface area contributed by atoms with Crippen LogP contribution in [0.2, 0.25) is 0 Å². The molecule has 6 nitrogen and oxygen atoms in total. The van der Waals surface area contributed by atoms with Crippen molar-refractivity contribution in [3.8, 4) is 89.5 Å². The molecule has 0 atom stereocenters. The average Bonchev–Trinajstić information content (AvgIpc) is 1.27. The smallest absolute Gasteiger partial charge is 0.657 e. The Bertz CT molecular complexity index is 5670. The van der Waals surface area contributed by atoms with Gasteiger partial charge in [-0.2, -0.15) is 182 Å². The van der Waals surface area contributed by atoms with Crippen LogP contribution >= 0.6 is 20.4 Å². The van der Waals surface area contributed by atoms with Crippen LogP contribution in [-0.4, -0.2) is 19.9 Å². The minimum absolute atomic E-state index is 0. The zero-order chi connectivity index (χ0) is 85.4. The maximum atomic E-state index is 12.8. The van der Waals surface area contributed by atoms with Crippen LogP contribution in [0.4, 0.5) is 26.3 Å². The quantitative estimate of drug-likeness (QED) is 0.0857. The Morgan fingerprint density at radius 1 is 0.279 bits per heavy atom. The summed E-state index contributed by atoms with van der Waals surface area (Å²) in [5.41, 5.74) is 20.7. The molecular weight excluding hydrogens is 1750 g/mol. The molecule has 0 amide bonds. The van der Waals surface area contributed by atoms with Crippen molar-refractivity contribution in [3.05, 3.63) is 410 Å². The molecule has 12 aromatic carbocycles. The summed E-state index contributed by atoms with van der Waals surface area (Å²) >= 11 is 6.69. The second-order valence-electron chi connectivity index (χ2n) is 29.5. The Balaban J connectivity index is 0.000000167. The summed E-state index contributed by atoms with van der Waals surface area (Å²) in [5.74, 6) is 0. The number of halogens is 8. The van der Waals surface area contributed by atoms with Gasteiger partial charge in [-0.15, -0.1) is 127 Å². The predicted octanol–water partition coefficient (Wildman–Crippen LogP) is 28.6. The Hall–Kier alpha value is -11.0. The van der Waals surface area contributed by atoms with Gasteiger partial charge < -0.3 is 9.97 Å². The monoisotopic (exact) mass is 1830 g/mol. The van der Waals surface area contributed by atoms with E-state index in [0.29, 0.717) is 22.5 Å². The molecule has 18 aromatic rings. The number of hydrogen-bond acceptors (Lipinski definition) is 4. The number of benzene rings is 12. The summed E-state index contributed by atoms with van der Waals surface area (Å²) in [5, 5.41) is 4.99. The molecule has 0 aliphatic rings. The molecule has 0 aliphatic carbocycles. The molecule has 624 valence electrons. The van der Waals surface area contributed by atoms with Crippen LogP contribution in [0.25, 0.3) is 133 Å². The van der Waals surface area contributed by atoms with Gasteiger partial charge in [0.05, 0.1) is 11.1 Å². The van der Waals surface area contributed by atoms with E-state index < -0.39 is 23.5 Å². The summed E-state index contributed by atoms with van der Waals surface area (Å²) < 4.78 is 76.9. The van der Waals surface area contributed by atoms with Gasteiger partial charge in [-0.25, -0.2) is 22.3 Å². The minimum Gasteiger partial charge on any atom is -0.657 e. The van der Waals surface area contributed by atoms with E-state index in [1.54, 1.807) is 12.4 Å². The molecule has 0 bridgehead atoms. The van der Waals surface area contributed by atoms with Gasteiger partial charge in [-0.05, 0) is 44.5 Å². The number of aryl methyl sites for hydroxylation is 2. The van der Waals surface area contributed by atoms with E-state index in [9.17, 15) is 26.3 Å². The van der Waals surface area contributed by atoms with E-state index in [4.69, 9.17) is 0 Å². The fourth-order valence-electron chi connectivity index (χ4n) is 12.5. The third-order valence-corrected chi connectivity index (χ3v) is 18.9. The average molecular weight is 1830 g/mol. The van der Waals surface area contributed by atoms with Crippen molar-refractivity contribution in [2.24, 2.45) is 0 Å². The predicted molar refractivity (Wildman–Crippen MR) is 469 cm³/mol. The molecule has 2 radical (unpaired) electrons. The van der Waals surface area contributed by atoms with Crippen LogP contribution in [0.1, 0.15) is 74.9 Å². The largest absolute Gasteiger partial charge is 3.00 e. The van der Waals surface area contributed by atoms with Gasteiger partial charge >= 0.3 is 94.9 Å². The fourth-order valence-corrected chi connectivity index (χ4v) is 12.5. The van der Waals surface area contributed by atoms with Crippen LogP contribution in [0, 0.1) is 62.4 Å². The van der Waals surface area contributed by atoms with E-state index in [1.165, 1.54) is 33.7 Å². The first-order chi connectivity index (χ1) is 57.8. The van der Waals surface area contributed by atoms with E-state index >= 15 is 0 Å². The molecule has 0 N–H and O–H groups in total. The van der Waals surface area contributed by atoms with Gasteiger partial charge in [0, 0.05) is 47.6 Å². The van der Waals surface area contributed by atoms with Crippen molar-refractivity contribution >= 4 is 64.0 Å². The third kappa shape index (κ3) is 26.0. The van der Waals surface area contributed by atoms with Gasteiger partial charge in [-0.3, -0.25) is 19.9 Å². The van der Waals surface area contributed by atoms with Crippen molar-refractivity contribution in [2.45, 2.75) is 78.6 Å². The SMILES string of the molecule is Cc1c[c-]c(-c2[c-]c(-c3ccc(C(F)(F)F)cn3)cc(C(C)(C)C)c2)cc1.Cc1c[c-]c(-c2[c-]c(-c3ccc(C(F)(F)F)cn3)cc(C(C)(C)C)c2)cc1.[Cl][Ni].[Cl][Ni].[Ni+3].[Ni+3].[c-]1ccccc1-c1[c-]c(-c2ccccn2)ccc1.[c-]1ccccc1-c1[c-]c(-c2ccccn2)ccc1.c1ccc2c(c1)[n-]c1ccccc12.c1ccc2c(c1)[n-]c1ccccc12. The Morgan fingerprint density at radius 3 is 0.861 bits per heavy atom. The molecule has 0 aliphatic heterocycles. The number of nitrogens with zero attached hydrogens (tertiary/aromatic N) is 6. The van der Waals surface area contributed by atoms with Crippen LogP contribution in [-0.2, 0) is 85.3 Å². The Kier molecular flexibility index (Phi) is 34.7. The van der Waals surface area contributed by atoms with E-state index in [1.807, 2.05) is 208 Å². The van der Waals surface area contributed by atoms with Gasteiger partial charge in [0.2, 0.25) is 0 Å². The van der Waals surface area contributed by atoms with Crippen molar-refractivity contribution < 1.29 is 88.5 Å². The molecule has 0 fully saturated rings. The third-order valence-electron chi connectivity index (χ3n) is 18.9. The minimum atomic E-state index is -4.40. The van der Waals surface area contributed by atoms with Crippen molar-refractivity contribution in [2.75, 3.05) is 0 Å². The summed E-state index contributed by atoms with van der Waals surface area (Å²) in [7, 11) is 8.53. The topological polar surface area (TPSA) is 79.8 Å². The molecule has 18 heteroatoms. The van der Waals surface area contributed by atoms with Crippen molar-refractivity contribution in [3.63, 3.8) is 0 Å². The number of alkyl halides is 6. The molecule has 18 rings (SSSR count). The second-order valence-corrected chi connectivity index (χ2v) is 29.5. The second kappa shape index (κ2) is 44.7. The van der Waals surface area contributed by atoms with E-state index in [-0.39, 0.29) is 43.8 Å². The van der Waals surface area contributed by atoms with E-state index in [2.05, 4.69) is 254 Å². The van der Waals surface area contributed by atoms with Gasteiger partial charge in [-0.1, -0.05) is 201 Å². The molecule has 6 heterocycles. The standard InChI is InChI=1S/2C23H20F3N.2C17H11N.2C12H8N.2ClH.4Ni/c2*1-15-5-7-16(8-6-15)17-11-18(13-20(12-17)22(2,3)4)21-10-9-19(14-27-21)23(24,25)26;2*1-2-7-14(8-3-1)15-9-6-10-16(13-15)17-11-4-5-12-18-17;2*1-3-7-11-9(5-1)10-6-2-4-8-12(10)13-11;;;;;;/h2*5-7,9-10,12-14H,1-4H3;2*1-7,9-12H;2*1-8H;2*1H;;;;/q4*-2;2*-1;;;2*+1;2*+3/p-2. The molecule has 6 aromatic heterocycles. The zero-order valence-corrected chi connectivity index (χ0v) is 72.6. The van der Waals surface area contributed by atoms with Crippen molar-refractivity contribution in [1.82, 2.24) is 29.9 Å². The first-order valence-corrected chi connectivity index (χ1v) is 40.6. The molecule has 122 heavy (non-hydrogen) atoms. The number of fused-ring (bicyclic) bond motifs is 6. The molecular formula is C104H78Cl2F6N6Ni4-4. The fraction of sp³-hybridized carbons (Fsp3) is 0.115. The maximum absolute atomic E-state index is 12.8. The molecule has 0 spiro atoms. The zero-order valence-electron chi connectivity index (χ0n) is 67.1. The molecule has 0 saturated heterocycles. The van der Waals surface area contributed by atoms with Crippen LogP contribution in [0.15, 0.2) is 328 Å². The van der Waals surface area contributed by atoms with Crippen LogP contribution < -0.4 is 9.97 Å². The van der Waals surface area contributed by atoms with Crippen LogP contribution in [0.3, 0.4) is 0 Å². The first kappa shape index (κ1) is 94.8. The summed E-state index contributed by atoms with van der Waals surface area (Å²) in [4.78, 5) is 25.8. The van der Waals surface area contributed by atoms with E-state index in [0.717, 1.165) is 136 Å². The first-order valence-electron chi connectivity index (χ1n) is 37.9. The number of hydrogen-bond donors (Lipinski definition) is 0. The normalized spacial score (nSPS) is 10.9. The molecule has 0 unspecified atom stereocenters. The summed E-state index contributed by atoms with van der Waals surface area (Å²) in [6, 6.07) is 124. The number of aromatic nitrogens is 6. The van der Waals surface area contributed by atoms with Crippen LogP contribution in [0.5, 0.6) is 0 Å². The summed E-state index contributed by atoms with van der Waals surface area (Å²) in [6.07, 6.45) is -3.47. The Morgan fingerprint density at radius 2 is 0.574 bits per heavy atom. The number of rotatable bonds is 8. The Labute approximate surface area is 754 Å². The van der Waals surface area contributed by atoms with Gasteiger partial charge in [0.1, 0.15) is 0 Å².